The predicted octanol–water partition coefficient (Wildman–Crippen LogP) is -1.16. The Morgan fingerprint density at radius 1 is 1.50 bits per heavy atom. The predicted molar refractivity (Wildman–Crippen MR) is 77.1 cm³/mol. The lowest BCUT2D eigenvalue weighted by atomic mass is 10.2. The standard InChI is InChI=1S/C12H13N5O4S/c13-8-4-5(9(14)20)12-17(10(4)16-2-15-8)11-7(22-12)6(19)3(1-18)21-11/h2-3,6-7,11,18-19H,1H2,(H2,14,20)(H2,13,15,16). The second-order valence-electron chi connectivity index (χ2n) is 5.19. The number of aromatic nitrogens is 3. The molecule has 116 valence electrons. The molecule has 4 atom stereocenters. The number of hydrogen-bond donors (Lipinski definition) is 4. The second-order valence-corrected chi connectivity index (χ2v) is 6.36. The summed E-state index contributed by atoms with van der Waals surface area (Å²) < 4.78 is 7.40. The highest BCUT2D eigenvalue weighted by molar-refractivity contribution is 8.00. The number of aliphatic hydroxyl groups is 2. The molecule has 0 saturated carbocycles. The molecule has 1 fully saturated rings. The molecule has 0 bridgehead atoms. The number of carbonyl (C=O) groups excluding carboxylic acids is 1. The molecule has 2 aliphatic rings. The van der Waals surface area contributed by atoms with Crippen LogP contribution in [-0.4, -0.2) is 54.7 Å². The number of hydrogen-bond acceptors (Lipinski definition) is 8. The first-order valence-electron chi connectivity index (χ1n) is 6.59. The zero-order chi connectivity index (χ0) is 15.6. The van der Waals surface area contributed by atoms with E-state index >= 15 is 0 Å². The van der Waals surface area contributed by atoms with Crippen LogP contribution in [0.4, 0.5) is 5.82 Å². The smallest absolute Gasteiger partial charge is 0.252 e. The molecule has 9 nitrogen and oxygen atoms in total. The van der Waals surface area contributed by atoms with Crippen molar-refractivity contribution in [1.29, 1.82) is 0 Å². The monoisotopic (exact) mass is 323 g/mol. The first-order chi connectivity index (χ1) is 10.5. The summed E-state index contributed by atoms with van der Waals surface area (Å²) in [6, 6.07) is 0. The molecular weight excluding hydrogens is 310 g/mol. The van der Waals surface area contributed by atoms with E-state index in [-0.39, 0.29) is 23.2 Å². The van der Waals surface area contributed by atoms with Crippen molar-refractivity contribution in [1.82, 2.24) is 14.5 Å². The maximum atomic E-state index is 11.9. The number of nitrogens with zero attached hydrogens (tertiary/aromatic N) is 3. The third-order valence-electron chi connectivity index (χ3n) is 4.01. The summed E-state index contributed by atoms with van der Waals surface area (Å²) in [7, 11) is 0. The normalized spacial score (nSPS) is 29.7. The number of rotatable bonds is 2. The van der Waals surface area contributed by atoms with E-state index in [1.54, 1.807) is 4.57 Å². The number of nitrogen functional groups attached to an aromatic ring is 1. The van der Waals surface area contributed by atoms with Crippen LogP contribution in [0.1, 0.15) is 16.6 Å². The molecule has 0 spiro atoms. The Labute approximate surface area is 128 Å². The summed E-state index contributed by atoms with van der Waals surface area (Å²) in [4.78, 5) is 19.9. The molecule has 0 aromatic carbocycles. The maximum Gasteiger partial charge on any atom is 0.252 e. The Hall–Kier alpha value is -1.88. The molecule has 0 aliphatic carbocycles. The first-order valence-corrected chi connectivity index (χ1v) is 7.47. The molecular formula is C12H13N5O4S. The van der Waals surface area contributed by atoms with Gasteiger partial charge in [0.1, 0.15) is 23.9 Å². The van der Waals surface area contributed by atoms with Gasteiger partial charge in [0.05, 0.1) is 33.9 Å². The fraction of sp³-hybridized carbons (Fsp3) is 0.417. The van der Waals surface area contributed by atoms with Crippen LogP contribution in [0, 0.1) is 0 Å². The summed E-state index contributed by atoms with van der Waals surface area (Å²) in [5.74, 6) is -0.476. The average molecular weight is 323 g/mol. The van der Waals surface area contributed by atoms with Gasteiger partial charge in [0.2, 0.25) is 0 Å². The molecule has 1 amide bonds. The zero-order valence-electron chi connectivity index (χ0n) is 11.2. The molecule has 4 rings (SSSR count). The number of aliphatic hydroxyl groups excluding tert-OH is 2. The second kappa shape index (κ2) is 4.56. The van der Waals surface area contributed by atoms with Gasteiger partial charge in [-0.05, 0) is 0 Å². The Balaban J connectivity index is 1.97. The lowest BCUT2D eigenvalue weighted by molar-refractivity contribution is -0.0445. The van der Waals surface area contributed by atoms with Crippen molar-refractivity contribution in [3.63, 3.8) is 0 Å². The Bertz CT molecular complexity index is 793. The minimum atomic E-state index is -0.852. The molecule has 2 aromatic heterocycles. The number of amides is 1. The van der Waals surface area contributed by atoms with Crippen molar-refractivity contribution in [2.75, 3.05) is 12.3 Å². The third-order valence-corrected chi connectivity index (χ3v) is 5.42. The van der Waals surface area contributed by atoms with Crippen LogP contribution in [-0.2, 0) is 4.74 Å². The molecule has 2 aliphatic heterocycles. The number of nitrogens with two attached hydrogens (primary N) is 2. The fourth-order valence-electron chi connectivity index (χ4n) is 3.05. The summed E-state index contributed by atoms with van der Waals surface area (Å²) in [5.41, 5.74) is 12.0. The Kier molecular flexibility index (Phi) is 2.85. The molecule has 10 heteroatoms. The van der Waals surface area contributed by atoms with Crippen molar-refractivity contribution in [3.8, 4) is 0 Å². The van der Waals surface area contributed by atoms with Crippen molar-refractivity contribution >= 4 is 34.5 Å². The van der Waals surface area contributed by atoms with Crippen LogP contribution >= 0.6 is 11.8 Å². The number of thioether (sulfide) groups is 1. The molecule has 22 heavy (non-hydrogen) atoms. The number of primary amides is 1. The van der Waals surface area contributed by atoms with Crippen LogP contribution in [0.2, 0.25) is 0 Å². The highest BCUT2D eigenvalue weighted by Crippen LogP contribution is 2.52. The van der Waals surface area contributed by atoms with E-state index in [1.807, 2.05) is 0 Å². The van der Waals surface area contributed by atoms with Gasteiger partial charge in [0, 0.05) is 0 Å². The topological polar surface area (TPSA) is 150 Å². The highest BCUT2D eigenvalue weighted by Gasteiger charge is 2.51. The van der Waals surface area contributed by atoms with E-state index in [1.165, 1.54) is 18.1 Å². The minimum Gasteiger partial charge on any atom is -0.394 e. The van der Waals surface area contributed by atoms with Gasteiger partial charge in [0.25, 0.3) is 5.91 Å². The van der Waals surface area contributed by atoms with Gasteiger partial charge >= 0.3 is 0 Å². The summed E-state index contributed by atoms with van der Waals surface area (Å²) in [5, 5.41) is 20.1. The SMILES string of the molecule is NC(=O)c1c2n(c3ncnc(N)c13)C1OC(CO)C(O)C1S2. The number of carbonyl (C=O) groups is 1. The highest BCUT2D eigenvalue weighted by atomic mass is 32.2. The van der Waals surface area contributed by atoms with Crippen LogP contribution in [0.25, 0.3) is 11.0 Å². The Morgan fingerprint density at radius 3 is 2.95 bits per heavy atom. The van der Waals surface area contributed by atoms with E-state index in [2.05, 4.69) is 9.97 Å². The molecule has 1 saturated heterocycles. The van der Waals surface area contributed by atoms with Crippen molar-refractivity contribution < 1.29 is 19.7 Å². The summed E-state index contributed by atoms with van der Waals surface area (Å²) in [6.07, 6.45) is -0.779. The van der Waals surface area contributed by atoms with Crippen LogP contribution in [0.15, 0.2) is 11.4 Å². The summed E-state index contributed by atoms with van der Waals surface area (Å²) in [6.45, 7) is -0.289. The van der Waals surface area contributed by atoms with E-state index < -0.39 is 24.3 Å². The molecule has 0 radical (unpaired) electrons. The van der Waals surface area contributed by atoms with Crippen molar-refractivity contribution in [3.05, 3.63) is 11.9 Å². The average Bonchev–Trinajstić information content (AvgIpc) is 3.08. The van der Waals surface area contributed by atoms with Crippen LogP contribution < -0.4 is 11.5 Å². The van der Waals surface area contributed by atoms with E-state index in [0.29, 0.717) is 16.1 Å². The van der Waals surface area contributed by atoms with E-state index in [4.69, 9.17) is 16.2 Å². The van der Waals surface area contributed by atoms with E-state index in [9.17, 15) is 15.0 Å². The Morgan fingerprint density at radius 2 is 2.27 bits per heavy atom. The molecule has 4 heterocycles. The third kappa shape index (κ3) is 1.57. The van der Waals surface area contributed by atoms with Gasteiger partial charge < -0.3 is 26.4 Å². The largest absolute Gasteiger partial charge is 0.394 e. The first kappa shape index (κ1) is 13.8. The van der Waals surface area contributed by atoms with Gasteiger partial charge in [-0.25, -0.2) is 9.97 Å². The van der Waals surface area contributed by atoms with Crippen LogP contribution in [0.3, 0.4) is 0 Å². The maximum absolute atomic E-state index is 11.9. The molecule has 4 unspecified atom stereocenters. The number of anilines is 1. The minimum absolute atomic E-state index is 0.162. The number of ether oxygens (including phenoxy) is 1. The van der Waals surface area contributed by atoms with Crippen molar-refractivity contribution in [2.45, 2.75) is 28.7 Å². The van der Waals surface area contributed by atoms with Gasteiger partial charge in [-0.15, -0.1) is 0 Å². The van der Waals surface area contributed by atoms with Gasteiger partial charge in [0.15, 0.2) is 6.23 Å². The van der Waals surface area contributed by atoms with Gasteiger partial charge in [-0.2, -0.15) is 0 Å². The lowest BCUT2D eigenvalue weighted by Gasteiger charge is -2.13. The van der Waals surface area contributed by atoms with Gasteiger partial charge in [-0.3, -0.25) is 9.36 Å². The fourth-order valence-corrected chi connectivity index (χ4v) is 4.55. The lowest BCUT2D eigenvalue weighted by Crippen LogP contribution is -2.30. The van der Waals surface area contributed by atoms with Gasteiger partial charge in [-0.1, -0.05) is 11.8 Å². The van der Waals surface area contributed by atoms with Crippen molar-refractivity contribution in [2.24, 2.45) is 5.73 Å². The molecule has 6 N–H and O–H groups in total. The molecule has 2 aromatic rings. The van der Waals surface area contributed by atoms with Crippen LogP contribution in [0.5, 0.6) is 0 Å². The quantitative estimate of drug-likeness (QED) is 0.540. The summed E-state index contributed by atoms with van der Waals surface area (Å²) >= 11 is 1.28. The zero-order valence-corrected chi connectivity index (χ0v) is 12.0. The van der Waals surface area contributed by atoms with E-state index in [0.717, 1.165) is 0 Å². The number of fused-ring (bicyclic) bond motifs is 5.